The van der Waals surface area contributed by atoms with Crippen LogP contribution in [-0.2, 0) is 7.05 Å². The molecule has 1 fully saturated rings. The molecular weight excluding hydrogens is 392 g/mol. The van der Waals surface area contributed by atoms with Crippen molar-refractivity contribution in [3.8, 4) is 16.9 Å². The van der Waals surface area contributed by atoms with Gasteiger partial charge in [0.15, 0.2) is 5.69 Å². The number of amides is 1. The molecular formula is C23H28N6O2. The lowest BCUT2D eigenvalue weighted by atomic mass is 10.0. The number of anilines is 1. The molecule has 1 aliphatic heterocycles. The summed E-state index contributed by atoms with van der Waals surface area (Å²) in [6.45, 7) is 7.70. The second kappa shape index (κ2) is 9.26. The third kappa shape index (κ3) is 4.91. The first-order valence-corrected chi connectivity index (χ1v) is 10.6. The zero-order valence-corrected chi connectivity index (χ0v) is 18.3. The van der Waals surface area contributed by atoms with Crippen LogP contribution in [0.1, 0.15) is 34.7 Å². The first-order valence-electron chi connectivity index (χ1n) is 10.6. The maximum Gasteiger partial charge on any atom is 0.276 e. The van der Waals surface area contributed by atoms with Gasteiger partial charge in [0.05, 0.1) is 0 Å². The van der Waals surface area contributed by atoms with Gasteiger partial charge in [0, 0.05) is 48.0 Å². The molecule has 0 spiro atoms. The van der Waals surface area contributed by atoms with Gasteiger partial charge in [-0.25, -0.2) is 9.97 Å². The van der Waals surface area contributed by atoms with Crippen LogP contribution in [0.5, 0.6) is 5.75 Å². The van der Waals surface area contributed by atoms with Crippen LogP contribution >= 0.6 is 0 Å². The van der Waals surface area contributed by atoms with E-state index in [9.17, 15) is 4.79 Å². The smallest absolute Gasteiger partial charge is 0.276 e. The topological polar surface area (TPSA) is 85.2 Å². The quantitative estimate of drug-likeness (QED) is 0.632. The average Bonchev–Trinajstić information content (AvgIpc) is 3.41. The Morgan fingerprint density at radius 1 is 1.13 bits per heavy atom. The Balaban J connectivity index is 1.60. The van der Waals surface area contributed by atoms with Crippen molar-refractivity contribution in [1.29, 1.82) is 0 Å². The van der Waals surface area contributed by atoms with E-state index >= 15 is 0 Å². The Morgan fingerprint density at radius 3 is 2.55 bits per heavy atom. The van der Waals surface area contributed by atoms with E-state index in [2.05, 4.69) is 25.3 Å². The maximum absolute atomic E-state index is 12.6. The summed E-state index contributed by atoms with van der Waals surface area (Å²) in [4.78, 5) is 23.7. The lowest BCUT2D eigenvalue weighted by molar-refractivity contribution is 0.102. The van der Waals surface area contributed by atoms with E-state index in [1.165, 1.54) is 12.8 Å². The molecule has 0 bridgehead atoms. The molecule has 1 amide bonds. The van der Waals surface area contributed by atoms with Crippen LogP contribution in [0.15, 0.2) is 36.8 Å². The lowest BCUT2D eigenvalue weighted by Gasteiger charge is -2.18. The van der Waals surface area contributed by atoms with E-state index in [4.69, 9.17) is 4.74 Å². The van der Waals surface area contributed by atoms with Gasteiger partial charge in [-0.15, -0.1) is 0 Å². The van der Waals surface area contributed by atoms with E-state index in [1.54, 1.807) is 30.3 Å². The van der Waals surface area contributed by atoms with E-state index in [1.807, 2.05) is 32.0 Å². The van der Waals surface area contributed by atoms with Crippen LogP contribution in [0.3, 0.4) is 0 Å². The first-order chi connectivity index (χ1) is 15.0. The molecule has 3 heterocycles. The van der Waals surface area contributed by atoms with Crippen LogP contribution in [-0.4, -0.2) is 56.8 Å². The zero-order valence-electron chi connectivity index (χ0n) is 18.3. The normalized spacial score (nSPS) is 14.0. The van der Waals surface area contributed by atoms with Crippen molar-refractivity contribution in [2.24, 2.45) is 7.05 Å². The molecule has 8 heteroatoms. The number of nitrogens with one attached hydrogen (secondary N) is 1. The second-order valence-corrected chi connectivity index (χ2v) is 7.86. The number of likely N-dealkylation sites (tertiary alicyclic amines) is 1. The minimum atomic E-state index is -0.257. The molecule has 0 aliphatic carbocycles. The molecule has 162 valence electrons. The Kier molecular flexibility index (Phi) is 6.27. The molecule has 0 atom stereocenters. The van der Waals surface area contributed by atoms with E-state index < -0.39 is 0 Å². The van der Waals surface area contributed by atoms with Gasteiger partial charge >= 0.3 is 0 Å². The summed E-state index contributed by atoms with van der Waals surface area (Å²) in [5, 5.41) is 7.10. The number of nitrogens with zero attached hydrogens (tertiary/aromatic N) is 5. The van der Waals surface area contributed by atoms with Crippen LogP contribution in [0.25, 0.3) is 11.1 Å². The molecule has 2 aromatic heterocycles. The monoisotopic (exact) mass is 420 g/mol. The van der Waals surface area contributed by atoms with Gasteiger partial charge in [-0.2, -0.15) is 5.10 Å². The van der Waals surface area contributed by atoms with Crippen molar-refractivity contribution in [3.63, 3.8) is 0 Å². The lowest BCUT2D eigenvalue weighted by Crippen LogP contribution is -2.25. The average molecular weight is 421 g/mol. The fourth-order valence-corrected chi connectivity index (χ4v) is 3.93. The van der Waals surface area contributed by atoms with Gasteiger partial charge in [-0.05, 0) is 64.0 Å². The fraction of sp³-hybridized carbons (Fsp3) is 0.391. The van der Waals surface area contributed by atoms with Crippen LogP contribution in [0, 0.1) is 13.8 Å². The maximum atomic E-state index is 12.6. The largest absolute Gasteiger partial charge is 0.492 e. The van der Waals surface area contributed by atoms with Gasteiger partial charge < -0.3 is 10.1 Å². The minimum Gasteiger partial charge on any atom is -0.492 e. The highest BCUT2D eigenvalue weighted by Crippen LogP contribution is 2.35. The number of aromatic nitrogens is 4. The summed E-state index contributed by atoms with van der Waals surface area (Å²) in [6, 6.07) is 7.36. The molecule has 3 aromatic rings. The first kappa shape index (κ1) is 21.0. The van der Waals surface area contributed by atoms with Crippen molar-refractivity contribution < 1.29 is 9.53 Å². The molecule has 8 nitrogen and oxygen atoms in total. The zero-order chi connectivity index (χ0) is 21.8. The third-order valence-corrected chi connectivity index (χ3v) is 5.54. The van der Waals surface area contributed by atoms with Crippen molar-refractivity contribution in [2.75, 3.05) is 31.6 Å². The summed E-state index contributed by atoms with van der Waals surface area (Å²) < 4.78 is 7.79. The summed E-state index contributed by atoms with van der Waals surface area (Å²) in [6.07, 6.45) is 5.83. The number of hydrogen-bond donors (Lipinski definition) is 1. The van der Waals surface area contributed by atoms with Gasteiger partial charge in [-0.1, -0.05) is 0 Å². The molecule has 4 rings (SSSR count). The standard InChI is InChI=1S/C23H28N6O2/c1-16-22(17(2)25-15-24-16)19-14-18(26-23(30)20-8-11-28(3)27-20)6-7-21(19)31-13-12-29-9-4-5-10-29/h6-8,11,14-15H,4-5,9-10,12-13H2,1-3H3,(H,26,30). The molecule has 1 N–H and O–H groups in total. The molecule has 0 radical (unpaired) electrons. The van der Waals surface area contributed by atoms with Crippen LogP contribution < -0.4 is 10.1 Å². The minimum absolute atomic E-state index is 0.257. The van der Waals surface area contributed by atoms with Crippen molar-refractivity contribution in [1.82, 2.24) is 24.6 Å². The van der Waals surface area contributed by atoms with Crippen LogP contribution in [0.2, 0.25) is 0 Å². The highest BCUT2D eigenvalue weighted by atomic mass is 16.5. The third-order valence-electron chi connectivity index (χ3n) is 5.54. The van der Waals surface area contributed by atoms with E-state index in [0.717, 1.165) is 47.9 Å². The van der Waals surface area contributed by atoms with E-state index in [0.29, 0.717) is 18.0 Å². The van der Waals surface area contributed by atoms with Crippen molar-refractivity contribution in [2.45, 2.75) is 26.7 Å². The molecule has 1 aliphatic rings. The number of rotatable bonds is 7. The van der Waals surface area contributed by atoms with Gasteiger partial charge in [-0.3, -0.25) is 14.4 Å². The van der Waals surface area contributed by atoms with Gasteiger partial charge in [0.2, 0.25) is 0 Å². The van der Waals surface area contributed by atoms with Gasteiger partial charge in [0.25, 0.3) is 5.91 Å². The highest BCUT2D eigenvalue weighted by Gasteiger charge is 2.17. The fourth-order valence-electron chi connectivity index (χ4n) is 3.93. The van der Waals surface area contributed by atoms with Gasteiger partial charge in [0.1, 0.15) is 18.7 Å². The number of aryl methyl sites for hydroxylation is 3. The second-order valence-electron chi connectivity index (χ2n) is 7.86. The molecule has 31 heavy (non-hydrogen) atoms. The Bertz CT molecular complexity index is 1050. The summed E-state index contributed by atoms with van der Waals surface area (Å²) in [5.74, 6) is 0.503. The number of carbonyl (C=O) groups is 1. The number of carbonyl (C=O) groups excluding carboxylic acids is 1. The molecule has 0 saturated carbocycles. The molecule has 1 saturated heterocycles. The van der Waals surface area contributed by atoms with Crippen molar-refractivity contribution in [3.05, 3.63) is 53.9 Å². The summed E-state index contributed by atoms with van der Waals surface area (Å²) in [7, 11) is 1.78. The Hall–Kier alpha value is -3.26. The summed E-state index contributed by atoms with van der Waals surface area (Å²) in [5.41, 5.74) is 4.56. The molecule has 1 aromatic carbocycles. The molecule has 0 unspecified atom stereocenters. The highest BCUT2D eigenvalue weighted by molar-refractivity contribution is 6.03. The number of benzene rings is 1. The number of hydrogen-bond acceptors (Lipinski definition) is 6. The summed E-state index contributed by atoms with van der Waals surface area (Å²) >= 11 is 0. The van der Waals surface area contributed by atoms with Crippen LogP contribution in [0.4, 0.5) is 5.69 Å². The Morgan fingerprint density at radius 2 is 1.87 bits per heavy atom. The van der Waals surface area contributed by atoms with Crippen molar-refractivity contribution >= 4 is 11.6 Å². The number of ether oxygens (including phenoxy) is 1. The Labute approximate surface area is 182 Å². The SMILES string of the molecule is Cc1ncnc(C)c1-c1cc(NC(=O)c2ccn(C)n2)ccc1OCCN1CCCC1. The predicted octanol–water partition coefficient (Wildman–Crippen LogP) is 3.22. The predicted molar refractivity (Wildman–Crippen MR) is 119 cm³/mol. The van der Waals surface area contributed by atoms with E-state index in [-0.39, 0.29) is 5.91 Å².